The van der Waals surface area contributed by atoms with Crippen LogP contribution >= 0.6 is 15.9 Å². The Bertz CT molecular complexity index is 442. The molecule has 1 amide bonds. The van der Waals surface area contributed by atoms with Gasteiger partial charge in [0.25, 0.3) is 5.91 Å². The smallest absolute Gasteiger partial charge is 0.308 e. The van der Waals surface area contributed by atoms with Crippen molar-refractivity contribution in [2.24, 2.45) is 5.92 Å². The van der Waals surface area contributed by atoms with Crippen LogP contribution in [0.2, 0.25) is 0 Å². The number of carbonyl (C=O) groups excluding carboxylic acids is 1. The molecule has 0 aliphatic carbocycles. The van der Waals surface area contributed by atoms with E-state index in [2.05, 4.69) is 15.9 Å². The summed E-state index contributed by atoms with van der Waals surface area (Å²) in [5, 5.41) is 8.95. The number of likely N-dealkylation sites (tertiary alicyclic amines) is 1. The molecule has 0 radical (unpaired) electrons. The van der Waals surface area contributed by atoms with E-state index >= 15 is 0 Å². The third-order valence-corrected chi connectivity index (χ3v) is 3.49. The van der Waals surface area contributed by atoms with E-state index in [0.717, 1.165) is 0 Å². The molecule has 1 aliphatic heterocycles. The van der Waals surface area contributed by atoms with Gasteiger partial charge < -0.3 is 14.4 Å². The number of hydrogen-bond donors (Lipinski definition) is 1. The molecule has 2 heterocycles. The van der Waals surface area contributed by atoms with E-state index in [-0.39, 0.29) is 18.2 Å². The Labute approximate surface area is 107 Å². The second-order valence-electron chi connectivity index (χ2n) is 4.03. The molecule has 1 aromatic rings. The molecule has 1 unspecified atom stereocenters. The third-order valence-electron chi connectivity index (χ3n) is 2.87. The molecule has 92 valence electrons. The molecule has 1 saturated heterocycles. The Morgan fingerprint density at radius 2 is 2.29 bits per heavy atom. The Balaban J connectivity index is 2.10. The molecule has 2 rings (SSSR count). The zero-order valence-corrected chi connectivity index (χ0v) is 10.6. The lowest BCUT2D eigenvalue weighted by Gasteiger charge is -2.30. The molecular formula is C11H12BrNO4. The summed E-state index contributed by atoms with van der Waals surface area (Å²) in [6.07, 6.45) is 2.76. The fraction of sp³-hybridized carbons (Fsp3) is 0.455. The van der Waals surface area contributed by atoms with Gasteiger partial charge in [-0.05, 0) is 34.8 Å². The normalized spacial score (nSPS) is 20.3. The van der Waals surface area contributed by atoms with Crippen molar-refractivity contribution in [3.8, 4) is 0 Å². The van der Waals surface area contributed by atoms with Crippen molar-refractivity contribution in [3.63, 3.8) is 0 Å². The van der Waals surface area contributed by atoms with Crippen LogP contribution in [0.15, 0.2) is 21.2 Å². The van der Waals surface area contributed by atoms with E-state index in [1.807, 2.05) is 0 Å². The average Bonchev–Trinajstić information content (AvgIpc) is 2.74. The van der Waals surface area contributed by atoms with Crippen LogP contribution in [0, 0.1) is 5.92 Å². The maximum Gasteiger partial charge on any atom is 0.308 e. The Morgan fingerprint density at radius 3 is 2.88 bits per heavy atom. The van der Waals surface area contributed by atoms with Crippen LogP contribution in [0.3, 0.4) is 0 Å². The second kappa shape index (κ2) is 4.91. The summed E-state index contributed by atoms with van der Waals surface area (Å²) in [5.74, 6) is -1.34. The van der Waals surface area contributed by atoms with Crippen molar-refractivity contribution in [2.45, 2.75) is 12.8 Å². The SMILES string of the molecule is O=C(O)C1CCCN(C(=O)c2occc2Br)C1. The highest BCUT2D eigenvalue weighted by molar-refractivity contribution is 9.10. The van der Waals surface area contributed by atoms with Crippen LogP contribution in [0.5, 0.6) is 0 Å². The van der Waals surface area contributed by atoms with Gasteiger partial charge in [-0.15, -0.1) is 0 Å². The first-order chi connectivity index (χ1) is 8.09. The zero-order valence-electron chi connectivity index (χ0n) is 9.06. The van der Waals surface area contributed by atoms with Crippen molar-refractivity contribution in [2.75, 3.05) is 13.1 Å². The molecular weight excluding hydrogens is 290 g/mol. The molecule has 17 heavy (non-hydrogen) atoms. The number of carbonyl (C=O) groups is 2. The first-order valence-electron chi connectivity index (χ1n) is 5.34. The number of carboxylic acid groups (broad SMARTS) is 1. The van der Waals surface area contributed by atoms with Crippen molar-refractivity contribution in [1.82, 2.24) is 4.90 Å². The summed E-state index contributed by atoms with van der Waals surface area (Å²) in [6.45, 7) is 0.830. The summed E-state index contributed by atoms with van der Waals surface area (Å²) < 4.78 is 5.69. The lowest BCUT2D eigenvalue weighted by molar-refractivity contribution is -0.143. The number of rotatable bonds is 2. The fourth-order valence-electron chi connectivity index (χ4n) is 1.95. The molecule has 1 aliphatic rings. The van der Waals surface area contributed by atoms with Crippen LogP contribution in [0.4, 0.5) is 0 Å². The van der Waals surface area contributed by atoms with Gasteiger partial charge in [-0.2, -0.15) is 0 Å². The van der Waals surface area contributed by atoms with E-state index in [0.29, 0.717) is 23.9 Å². The van der Waals surface area contributed by atoms with Gasteiger partial charge in [-0.25, -0.2) is 0 Å². The number of furan rings is 1. The highest BCUT2D eigenvalue weighted by atomic mass is 79.9. The summed E-state index contributed by atoms with van der Waals surface area (Å²) in [5.41, 5.74) is 0. The van der Waals surface area contributed by atoms with Gasteiger partial charge in [0.05, 0.1) is 16.7 Å². The Morgan fingerprint density at radius 1 is 1.53 bits per heavy atom. The first kappa shape index (κ1) is 12.2. The second-order valence-corrected chi connectivity index (χ2v) is 4.88. The van der Waals surface area contributed by atoms with Crippen LogP contribution in [-0.4, -0.2) is 35.0 Å². The lowest BCUT2D eigenvalue weighted by atomic mass is 9.98. The average molecular weight is 302 g/mol. The summed E-state index contributed by atoms with van der Waals surface area (Å²) in [7, 11) is 0. The summed E-state index contributed by atoms with van der Waals surface area (Å²) >= 11 is 3.22. The largest absolute Gasteiger partial charge is 0.481 e. The van der Waals surface area contributed by atoms with Crippen molar-refractivity contribution in [3.05, 3.63) is 22.6 Å². The fourth-order valence-corrected chi connectivity index (χ4v) is 2.32. The lowest BCUT2D eigenvalue weighted by Crippen LogP contribution is -2.42. The van der Waals surface area contributed by atoms with Gasteiger partial charge in [-0.3, -0.25) is 9.59 Å². The monoisotopic (exact) mass is 301 g/mol. The summed E-state index contributed by atoms with van der Waals surface area (Å²) in [6, 6.07) is 1.64. The highest BCUT2D eigenvalue weighted by Gasteiger charge is 2.30. The van der Waals surface area contributed by atoms with Gasteiger partial charge in [0.2, 0.25) is 5.76 Å². The molecule has 0 spiro atoms. The molecule has 1 N–H and O–H groups in total. The topological polar surface area (TPSA) is 70.8 Å². The van der Waals surface area contributed by atoms with E-state index in [1.165, 1.54) is 11.2 Å². The Hall–Kier alpha value is -1.30. The van der Waals surface area contributed by atoms with Gasteiger partial charge >= 0.3 is 5.97 Å². The maximum absolute atomic E-state index is 12.1. The maximum atomic E-state index is 12.1. The zero-order chi connectivity index (χ0) is 12.4. The number of aliphatic carboxylic acids is 1. The van der Waals surface area contributed by atoms with Gasteiger partial charge in [0.1, 0.15) is 0 Å². The minimum Gasteiger partial charge on any atom is -0.481 e. The third kappa shape index (κ3) is 2.52. The van der Waals surface area contributed by atoms with Crippen molar-refractivity contribution in [1.29, 1.82) is 0 Å². The quantitative estimate of drug-likeness (QED) is 0.907. The molecule has 1 aromatic heterocycles. The van der Waals surface area contributed by atoms with Crippen LogP contribution in [-0.2, 0) is 4.79 Å². The minimum absolute atomic E-state index is 0.232. The van der Waals surface area contributed by atoms with Crippen LogP contribution < -0.4 is 0 Å². The van der Waals surface area contributed by atoms with Gasteiger partial charge in [0.15, 0.2) is 0 Å². The molecule has 0 aromatic carbocycles. The molecule has 1 fully saturated rings. The molecule has 0 saturated carbocycles. The summed E-state index contributed by atoms with van der Waals surface area (Å²) in [4.78, 5) is 24.5. The van der Waals surface area contributed by atoms with Crippen molar-refractivity contribution < 1.29 is 19.1 Å². The number of hydrogen-bond acceptors (Lipinski definition) is 3. The predicted molar refractivity (Wildman–Crippen MR) is 62.7 cm³/mol. The number of halogens is 1. The Kier molecular flexibility index (Phi) is 3.51. The van der Waals surface area contributed by atoms with Crippen molar-refractivity contribution >= 4 is 27.8 Å². The number of amides is 1. The van der Waals surface area contributed by atoms with E-state index in [9.17, 15) is 9.59 Å². The van der Waals surface area contributed by atoms with E-state index in [4.69, 9.17) is 9.52 Å². The number of carboxylic acids is 1. The molecule has 1 atom stereocenters. The number of nitrogens with zero attached hydrogens (tertiary/aromatic N) is 1. The van der Waals surface area contributed by atoms with Crippen LogP contribution in [0.25, 0.3) is 0 Å². The van der Waals surface area contributed by atoms with Crippen LogP contribution in [0.1, 0.15) is 23.4 Å². The molecule has 6 heteroatoms. The molecule has 5 nitrogen and oxygen atoms in total. The number of piperidine rings is 1. The van der Waals surface area contributed by atoms with E-state index in [1.54, 1.807) is 6.07 Å². The molecule has 0 bridgehead atoms. The predicted octanol–water partition coefficient (Wildman–Crippen LogP) is 1.98. The van der Waals surface area contributed by atoms with Gasteiger partial charge in [-0.1, -0.05) is 0 Å². The standard InChI is InChI=1S/C11H12BrNO4/c12-8-3-5-17-9(8)10(14)13-4-1-2-7(6-13)11(15)16/h3,5,7H,1-2,4,6H2,(H,15,16). The highest BCUT2D eigenvalue weighted by Crippen LogP contribution is 2.23. The first-order valence-corrected chi connectivity index (χ1v) is 6.14. The minimum atomic E-state index is -0.846. The van der Waals surface area contributed by atoms with Gasteiger partial charge in [0, 0.05) is 13.1 Å². The van der Waals surface area contributed by atoms with E-state index < -0.39 is 11.9 Å².